The Morgan fingerprint density at radius 2 is 2.15 bits per heavy atom. The molecule has 0 spiro atoms. The zero-order valence-electron chi connectivity index (χ0n) is 10.7. The van der Waals surface area contributed by atoms with E-state index in [1.54, 1.807) is 6.92 Å². The topological polar surface area (TPSA) is 118 Å². The van der Waals surface area contributed by atoms with Crippen molar-refractivity contribution in [3.8, 4) is 0 Å². The third-order valence-electron chi connectivity index (χ3n) is 3.26. The predicted molar refractivity (Wildman–Crippen MR) is 72.1 cm³/mol. The summed E-state index contributed by atoms with van der Waals surface area (Å²) in [5.74, 6) is -2.33. The molecule has 1 amide bonds. The minimum Gasteiger partial charge on any atom is -0.477 e. The molecule has 1 aliphatic heterocycles. The average Bonchev–Trinajstić information content (AvgIpc) is 2.94. The molecule has 1 atom stereocenters. The summed E-state index contributed by atoms with van der Waals surface area (Å²) in [6, 6.07) is 0. The molecule has 110 valence electrons. The maximum Gasteiger partial charge on any atom is 0.347 e. The highest BCUT2D eigenvalue weighted by molar-refractivity contribution is 7.89. The van der Waals surface area contributed by atoms with Crippen LogP contribution in [0.1, 0.15) is 21.7 Å². The van der Waals surface area contributed by atoms with Crippen LogP contribution in [0.25, 0.3) is 0 Å². The van der Waals surface area contributed by atoms with Gasteiger partial charge in [0.1, 0.15) is 9.77 Å². The van der Waals surface area contributed by atoms with E-state index in [0.29, 0.717) is 12.0 Å². The molecule has 1 aliphatic rings. The van der Waals surface area contributed by atoms with Crippen LogP contribution in [0, 0.1) is 12.8 Å². The van der Waals surface area contributed by atoms with Gasteiger partial charge in [-0.05, 0) is 24.3 Å². The van der Waals surface area contributed by atoms with Crippen LogP contribution in [0.2, 0.25) is 0 Å². The lowest BCUT2D eigenvalue weighted by molar-refractivity contribution is -0.121. The number of thiophene rings is 1. The van der Waals surface area contributed by atoms with Gasteiger partial charge in [-0.15, -0.1) is 11.3 Å². The molecule has 20 heavy (non-hydrogen) atoms. The monoisotopic (exact) mass is 318 g/mol. The quantitative estimate of drug-likeness (QED) is 0.825. The van der Waals surface area contributed by atoms with Crippen LogP contribution in [0.4, 0.5) is 0 Å². The second-order valence-corrected chi connectivity index (χ2v) is 7.39. The van der Waals surface area contributed by atoms with E-state index >= 15 is 0 Å². The van der Waals surface area contributed by atoms with Crippen LogP contribution in [0.5, 0.6) is 0 Å². The van der Waals surface area contributed by atoms with Crippen molar-refractivity contribution in [2.24, 2.45) is 11.7 Å². The number of nitrogens with zero attached hydrogens (tertiary/aromatic N) is 1. The highest BCUT2D eigenvalue weighted by Gasteiger charge is 2.38. The van der Waals surface area contributed by atoms with Crippen LogP contribution in [-0.2, 0) is 14.8 Å². The number of amides is 1. The molecule has 1 fully saturated rings. The lowest BCUT2D eigenvalue weighted by atomic mass is 10.1. The summed E-state index contributed by atoms with van der Waals surface area (Å²) in [5, 5.41) is 10.6. The molecule has 9 heteroatoms. The molecule has 2 heterocycles. The first-order chi connectivity index (χ1) is 9.25. The number of carbonyl (C=O) groups is 2. The molecule has 0 aromatic carbocycles. The normalized spacial score (nSPS) is 20.1. The molecule has 2 rings (SSSR count). The molecule has 0 saturated carbocycles. The van der Waals surface area contributed by atoms with E-state index in [4.69, 9.17) is 10.8 Å². The van der Waals surface area contributed by atoms with Gasteiger partial charge in [-0.25, -0.2) is 13.2 Å². The van der Waals surface area contributed by atoms with Crippen LogP contribution in [0.3, 0.4) is 0 Å². The Balaban J connectivity index is 2.40. The molecule has 0 radical (unpaired) electrons. The lowest BCUT2D eigenvalue weighted by Gasteiger charge is -2.16. The van der Waals surface area contributed by atoms with Gasteiger partial charge in [0.2, 0.25) is 15.9 Å². The van der Waals surface area contributed by atoms with Crippen molar-refractivity contribution < 1.29 is 23.1 Å². The number of rotatable bonds is 4. The second kappa shape index (κ2) is 5.15. The molecule has 7 nitrogen and oxygen atoms in total. The number of carbonyl (C=O) groups excluding carboxylic acids is 1. The highest BCUT2D eigenvalue weighted by atomic mass is 32.2. The number of aryl methyl sites for hydroxylation is 1. The highest BCUT2D eigenvalue weighted by Crippen LogP contribution is 2.32. The fourth-order valence-corrected chi connectivity index (χ4v) is 5.29. The predicted octanol–water partition coefficient (Wildman–Crippen LogP) is 0.251. The standard InChI is InChI=1S/C11H14N2O5S2/c1-6-5-19-8(11(15)16)9(6)20(17,18)13-3-2-7(4-13)10(12)14/h5,7H,2-4H2,1H3,(H2,12,14)(H,15,16). The lowest BCUT2D eigenvalue weighted by Crippen LogP contribution is -2.32. The molecule has 1 unspecified atom stereocenters. The van der Waals surface area contributed by atoms with Gasteiger partial charge in [0.05, 0.1) is 5.92 Å². The van der Waals surface area contributed by atoms with Crippen molar-refractivity contribution in [1.29, 1.82) is 0 Å². The van der Waals surface area contributed by atoms with E-state index in [-0.39, 0.29) is 22.9 Å². The first kappa shape index (κ1) is 14.9. The summed E-state index contributed by atoms with van der Waals surface area (Å²) in [6.07, 6.45) is 0.361. The number of primary amides is 1. The SMILES string of the molecule is Cc1csc(C(=O)O)c1S(=O)(=O)N1CCC(C(N)=O)C1. The van der Waals surface area contributed by atoms with Gasteiger partial charge >= 0.3 is 5.97 Å². The van der Waals surface area contributed by atoms with Crippen molar-refractivity contribution in [3.05, 3.63) is 15.8 Å². The fourth-order valence-electron chi connectivity index (χ4n) is 2.21. The molecule has 1 saturated heterocycles. The van der Waals surface area contributed by atoms with Crippen molar-refractivity contribution in [2.75, 3.05) is 13.1 Å². The van der Waals surface area contributed by atoms with E-state index in [2.05, 4.69) is 0 Å². The van der Waals surface area contributed by atoms with E-state index in [1.165, 1.54) is 5.38 Å². The number of hydrogen-bond acceptors (Lipinski definition) is 5. The number of carboxylic acid groups (broad SMARTS) is 1. The minimum absolute atomic E-state index is 0.00596. The summed E-state index contributed by atoms with van der Waals surface area (Å²) in [5.41, 5.74) is 5.58. The van der Waals surface area contributed by atoms with Crippen molar-refractivity contribution in [2.45, 2.75) is 18.2 Å². The third-order valence-corrected chi connectivity index (χ3v) is 6.53. The van der Waals surface area contributed by atoms with Gasteiger partial charge in [-0.3, -0.25) is 4.79 Å². The maximum atomic E-state index is 12.5. The second-order valence-electron chi connectivity index (χ2n) is 4.63. The zero-order valence-corrected chi connectivity index (χ0v) is 12.3. The Kier molecular flexibility index (Phi) is 3.85. The molecule has 3 N–H and O–H groups in total. The Bertz CT molecular complexity index is 664. The Labute approximate surface area is 120 Å². The molecule has 0 aliphatic carbocycles. The Hall–Kier alpha value is -1.45. The molecular weight excluding hydrogens is 304 g/mol. The Morgan fingerprint density at radius 1 is 1.50 bits per heavy atom. The van der Waals surface area contributed by atoms with Crippen LogP contribution in [0.15, 0.2) is 10.3 Å². The van der Waals surface area contributed by atoms with Crippen LogP contribution in [-0.4, -0.2) is 42.8 Å². The smallest absolute Gasteiger partial charge is 0.347 e. The van der Waals surface area contributed by atoms with Gasteiger partial charge in [0, 0.05) is 13.1 Å². The molecule has 1 aromatic heterocycles. The average molecular weight is 318 g/mol. The van der Waals surface area contributed by atoms with Gasteiger partial charge in [0.25, 0.3) is 0 Å². The van der Waals surface area contributed by atoms with Gasteiger partial charge in [0.15, 0.2) is 0 Å². The largest absolute Gasteiger partial charge is 0.477 e. The Morgan fingerprint density at radius 3 is 2.65 bits per heavy atom. The third kappa shape index (κ3) is 2.43. The summed E-state index contributed by atoms with van der Waals surface area (Å²) < 4.78 is 26.2. The molecular formula is C11H14N2O5S2. The van der Waals surface area contributed by atoms with Crippen LogP contribution < -0.4 is 5.73 Å². The van der Waals surface area contributed by atoms with E-state index in [9.17, 15) is 18.0 Å². The maximum absolute atomic E-state index is 12.5. The summed E-state index contributed by atoms with van der Waals surface area (Å²) in [4.78, 5) is 21.8. The molecule has 0 bridgehead atoms. The summed E-state index contributed by atoms with van der Waals surface area (Å²) in [7, 11) is -3.91. The first-order valence-electron chi connectivity index (χ1n) is 5.86. The first-order valence-corrected chi connectivity index (χ1v) is 8.18. The van der Waals surface area contributed by atoms with Crippen molar-refractivity contribution in [3.63, 3.8) is 0 Å². The van der Waals surface area contributed by atoms with E-state index in [1.807, 2.05) is 0 Å². The number of sulfonamides is 1. The van der Waals surface area contributed by atoms with Gasteiger partial charge in [-0.2, -0.15) is 4.31 Å². The summed E-state index contributed by atoms with van der Waals surface area (Å²) >= 11 is 0.880. The van der Waals surface area contributed by atoms with Gasteiger partial charge in [-0.1, -0.05) is 0 Å². The van der Waals surface area contributed by atoms with Gasteiger partial charge < -0.3 is 10.8 Å². The number of aromatic carboxylic acids is 1. The number of nitrogens with two attached hydrogens (primary N) is 1. The number of hydrogen-bond donors (Lipinski definition) is 2. The van der Waals surface area contributed by atoms with Crippen LogP contribution >= 0.6 is 11.3 Å². The summed E-state index contributed by atoms with van der Waals surface area (Å²) in [6.45, 7) is 1.73. The zero-order chi connectivity index (χ0) is 15.1. The minimum atomic E-state index is -3.91. The van der Waals surface area contributed by atoms with Crippen molar-refractivity contribution >= 4 is 33.2 Å². The van der Waals surface area contributed by atoms with E-state index < -0.39 is 27.8 Å². The van der Waals surface area contributed by atoms with Crippen molar-refractivity contribution in [1.82, 2.24) is 4.31 Å². The van der Waals surface area contributed by atoms with E-state index in [0.717, 1.165) is 15.6 Å². The fraction of sp³-hybridized carbons (Fsp3) is 0.455. The molecule has 1 aromatic rings. The number of carboxylic acids is 1.